The van der Waals surface area contributed by atoms with Gasteiger partial charge >= 0.3 is 19.5 Å². The third kappa shape index (κ3) is 5.77. The summed E-state index contributed by atoms with van der Waals surface area (Å²) in [6.07, 6.45) is 0. The SMILES string of the molecule is [CH2-]C.[O-]c1ccccc1.[Zn+2]. The minimum atomic E-state index is 0. The molecule has 0 radical (unpaired) electrons. The molecule has 1 aromatic carbocycles. The Balaban J connectivity index is 0. The third-order valence-corrected chi connectivity index (χ3v) is 0.743. The second-order valence-electron chi connectivity index (χ2n) is 1.31. The van der Waals surface area contributed by atoms with Crippen molar-refractivity contribution in [3.63, 3.8) is 0 Å². The molecule has 0 aromatic heterocycles. The second-order valence-corrected chi connectivity index (χ2v) is 1.31. The third-order valence-electron chi connectivity index (χ3n) is 0.743. The Hall–Kier alpha value is -0.357. The van der Waals surface area contributed by atoms with Crippen molar-refractivity contribution < 1.29 is 24.6 Å². The van der Waals surface area contributed by atoms with Crippen LogP contribution in [0.3, 0.4) is 0 Å². The first-order valence-electron chi connectivity index (χ1n) is 2.82. The quantitative estimate of drug-likeness (QED) is 0.447. The zero-order valence-corrected chi connectivity index (χ0v) is 9.18. The van der Waals surface area contributed by atoms with Crippen LogP contribution in [0.5, 0.6) is 5.75 Å². The molecule has 10 heavy (non-hydrogen) atoms. The molecule has 0 N–H and O–H groups in total. The normalized spacial score (nSPS) is 6.60. The predicted octanol–water partition coefficient (Wildman–Crippen LogP) is 1.60. The first-order valence-corrected chi connectivity index (χ1v) is 2.82. The van der Waals surface area contributed by atoms with Gasteiger partial charge < -0.3 is 12.0 Å². The predicted molar refractivity (Wildman–Crippen MR) is 36.9 cm³/mol. The van der Waals surface area contributed by atoms with Gasteiger partial charge in [0, 0.05) is 0 Å². The van der Waals surface area contributed by atoms with Crippen molar-refractivity contribution in [2.24, 2.45) is 0 Å². The van der Waals surface area contributed by atoms with E-state index in [1.54, 1.807) is 19.1 Å². The second kappa shape index (κ2) is 8.64. The van der Waals surface area contributed by atoms with E-state index in [1.807, 2.05) is 6.07 Å². The monoisotopic (exact) mass is 186 g/mol. The molecule has 0 spiro atoms. The fourth-order valence-corrected chi connectivity index (χ4v) is 0.420. The Morgan fingerprint density at radius 1 is 1.10 bits per heavy atom. The Morgan fingerprint density at radius 3 is 1.70 bits per heavy atom. The van der Waals surface area contributed by atoms with Gasteiger partial charge in [-0.2, -0.15) is 6.92 Å². The molecule has 0 heterocycles. The number of para-hydroxylation sites is 1. The first kappa shape index (κ1) is 12.3. The van der Waals surface area contributed by atoms with E-state index >= 15 is 0 Å². The summed E-state index contributed by atoms with van der Waals surface area (Å²) in [7, 11) is 0. The zero-order valence-electron chi connectivity index (χ0n) is 6.21. The van der Waals surface area contributed by atoms with Crippen LogP contribution in [-0.4, -0.2) is 0 Å². The molecule has 0 saturated carbocycles. The van der Waals surface area contributed by atoms with Crippen molar-refractivity contribution in [2.45, 2.75) is 6.92 Å². The molecule has 50 valence electrons. The van der Waals surface area contributed by atoms with Crippen LogP contribution >= 0.6 is 0 Å². The molecule has 0 atom stereocenters. The molecule has 0 bridgehead atoms. The minimum Gasteiger partial charge on any atom is -0.872 e. The summed E-state index contributed by atoms with van der Waals surface area (Å²) in [6, 6.07) is 8.33. The van der Waals surface area contributed by atoms with Gasteiger partial charge in [0.2, 0.25) is 0 Å². The molecule has 0 aliphatic rings. The van der Waals surface area contributed by atoms with Gasteiger partial charge in [-0.15, -0.1) is 5.75 Å². The van der Waals surface area contributed by atoms with Crippen LogP contribution in [0.2, 0.25) is 0 Å². The maximum atomic E-state index is 10.3. The molecule has 0 saturated heterocycles. The maximum Gasteiger partial charge on any atom is 2.00 e. The fraction of sp³-hybridized carbons (Fsp3) is 0.125. The molecule has 2 heteroatoms. The number of benzene rings is 1. The van der Waals surface area contributed by atoms with Gasteiger partial charge in [0.15, 0.2) is 0 Å². The van der Waals surface area contributed by atoms with E-state index in [1.165, 1.54) is 12.1 Å². The van der Waals surface area contributed by atoms with Crippen molar-refractivity contribution in [1.82, 2.24) is 0 Å². The van der Waals surface area contributed by atoms with E-state index < -0.39 is 0 Å². The van der Waals surface area contributed by atoms with Crippen molar-refractivity contribution in [3.05, 3.63) is 37.3 Å². The number of rotatable bonds is 0. The molecule has 0 fully saturated rings. The smallest absolute Gasteiger partial charge is 0.872 e. The van der Waals surface area contributed by atoms with Crippen molar-refractivity contribution in [3.8, 4) is 5.75 Å². The molecule has 0 aliphatic carbocycles. The Labute approximate surface area is 74.8 Å². The standard InChI is InChI=1S/C6H6O.C2H5.Zn/c7-6-4-2-1-3-5-6;1-2;/h1-5,7H;1H2,2H3;/q;-1;+2/p-1. The van der Waals surface area contributed by atoms with Gasteiger partial charge in [-0.1, -0.05) is 30.3 Å². The summed E-state index contributed by atoms with van der Waals surface area (Å²) < 4.78 is 0. The van der Waals surface area contributed by atoms with Crippen LogP contribution < -0.4 is 5.11 Å². The average molecular weight is 188 g/mol. The summed E-state index contributed by atoms with van der Waals surface area (Å²) in [6.45, 7) is 5.00. The van der Waals surface area contributed by atoms with Crippen molar-refractivity contribution in [1.29, 1.82) is 0 Å². The average Bonchev–Trinajstić information content (AvgIpc) is 1.94. The van der Waals surface area contributed by atoms with Crippen molar-refractivity contribution >= 4 is 0 Å². The molecular formula is C8H10OZn. The van der Waals surface area contributed by atoms with Crippen LogP contribution in [0.25, 0.3) is 0 Å². The Bertz CT molecular complexity index is 139. The van der Waals surface area contributed by atoms with Gasteiger partial charge in [-0.25, -0.2) is 0 Å². The van der Waals surface area contributed by atoms with Crippen LogP contribution in [-0.2, 0) is 19.5 Å². The summed E-state index contributed by atoms with van der Waals surface area (Å²) in [5.41, 5.74) is 0. The molecule has 1 nitrogen and oxygen atoms in total. The van der Waals surface area contributed by atoms with Crippen LogP contribution in [0.4, 0.5) is 0 Å². The summed E-state index contributed by atoms with van der Waals surface area (Å²) in [5, 5.41) is 10.3. The summed E-state index contributed by atoms with van der Waals surface area (Å²) in [4.78, 5) is 0. The zero-order chi connectivity index (χ0) is 7.11. The Morgan fingerprint density at radius 2 is 1.50 bits per heavy atom. The van der Waals surface area contributed by atoms with Gasteiger partial charge in [-0.05, 0) is 0 Å². The van der Waals surface area contributed by atoms with E-state index in [9.17, 15) is 5.11 Å². The molecule has 0 unspecified atom stereocenters. The molecular weight excluding hydrogens is 177 g/mol. The van der Waals surface area contributed by atoms with Gasteiger partial charge in [0.1, 0.15) is 0 Å². The Kier molecular flexibility index (Phi) is 10.7. The number of hydrogen-bond donors (Lipinski definition) is 0. The van der Waals surface area contributed by atoms with Crippen molar-refractivity contribution in [2.75, 3.05) is 0 Å². The molecule has 1 rings (SSSR count). The fourth-order valence-electron chi connectivity index (χ4n) is 0.420. The summed E-state index contributed by atoms with van der Waals surface area (Å²) in [5.74, 6) is 0.0718. The number of hydrogen-bond acceptors (Lipinski definition) is 1. The minimum absolute atomic E-state index is 0. The summed E-state index contributed by atoms with van der Waals surface area (Å²) >= 11 is 0. The van der Waals surface area contributed by atoms with Gasteiger partial charge in [0.25, 0.3) is 0 Å². The van der Waals surface area contributed by atoms with Crippen LogP contribution in [0, 0.1) is 6.92 Å². The van der Waals surface area contributed by atoms with Gasteiger partial charge in [-0.3, -0.25) is 0 Å². The van der Waals surface area contributed by atoms with Crippen LogP contribution in [0.1, 0.15) is 6.92 Å². The molecule has 1 aromatic rings. The topological polar surface area (TPSA) is 23.1 Å². The largest absolute Gasteiger partial charge is 2.00 e. The van der Waals surface area contributed by atoms with E-state index in [-0.39, 0.29) is 25.2 Å². The first-order chi connectivity index (χ1) is 4.39. The van der Waals surface area contributed by atoms with Crippen LogP contribution in [0.15, 0.2) is 30.3 Å². The van der Waals surface area contributed by atoms with E-state index in [0.717, 1.165) is 0 Å². The van der Waals surface area contributed by atoms with E-state index in [2.05, 4.69) is 6.92 Å². The van der Waals surface area contributed by atoms with Gasteiger partial charge in [0.05, 0.1) is 0 Å². The molecule has 0 aliphatic heterocycles. The molecule has 0 amide bonds. The van der Waals surface area contributed by atoms with E-state index in [4.69, 9.17) is 0 Å². The van der Waals surface area contributed by atoms with E-state index in [0.29, 0.717) is 0 Å². The maximum absolute atomic E-state index is 10.3.